The molecule has 0 unspecified atom stereocenters. The maximum Gasteiger partial charge on any atom is 0.136 e. The van der Waals surface area contributed by atoms with E-state index in [1.807, 2.05) is 18.2 Å². The van der Waals surface area contributed by atoms with Gasteiger partial charge in [0.05, 0.1) is 12.3 Å². The molecule has 2 rings (SSSR count). The topological polar surface area (TPSA) is 36.4 Å². The molecule has 1 aromatic carbocycles. The van der Waals surface area contributed by atoms with Crippen LogP contribution in [-0.2, 0) is 6.61 Å². The molecule has 1 aromatic heterocycles. The van der Waals surface area contributed by atoms with E-state index in [2.05, 4.69) is 49.8 Å². The lowest BCUT2D eigenvalue weighted by Crippen LogP contribution is -2.30. The fourth-order valence-electron chi connectivity index (χ4n) is 2.39. The second kappa shape index (κ2) is 5.17. The van der Waals surface area contributed by atoms with Gasteiger partial charge >= 0.3 is 0 Å². The molecule has 1 N–H and O–H groups in total. The Morgan fingerprint density at radius 2 is 1.89 bits per heavy atom. The average molecular weight is 258 g/mol. The standard InChI is InChI=1S/C16H22N2O/c1-16(2,3)11-18(4)15-14-8-6-5-7-12(14)9-13(10-19)17-15/h5-9,19H,10-11H2,1-4H3. The Kier molecular flexibility index (Phi) is 3.76. The summed E-state index contributed by atoms with van der Waals surface area (Å²) in [5, 5.41) is 11.6. The van der Waals surface area contributed by atoms with Crippen molar-refractivity contribution in [2.75, 3.05) is 18.5 Å². The van der Waals surface area contributed by atoms with Crippen LogP contribution < -0.4 is 4.90 Å². The minimum Gasteiger partial charge on any atom is -0.390 e. The van der Waals surface area contributed by atoms with E-state index in [-0.39, 0.29) is 12.0 Å². The van der Waals surface area contributed by atoms with Crippen LogP contribution in [0.5, 0.6) is 0 Å². The number of aliphatic hydroxyl groups excluding tert-OH is 1. The van der Waals surface area contributed by atoms with Gasteiger partial charge in [-0.2, -0.15) is 0 Å². The van der Waals surface area contributed by atoms with Gasteiger partial charge in [0.25, 0.3) is 0 Å². The van der Waals surface area contributed by atoms with E-state index in [9.17, 15) is 5.11 Å². The monoisotopic (exact) mass is 258 g/mol. The third-order valence-electron chi connectivity index (χ3n) is 3.01. The number of pyridine rings is 1. The molecule has 0 saturated heterocycles. The van der Waals surface area contributed by atoms with Crippen molar-refractivity contribution in [1.29, 1.82) is 0 Å². The molecule has 1 heterocycles. The van der Waals surface area contributed by atoms with E-state index in [0.717, 1.165) is 28.8 Å². The van der Waals surface area contributed by atoms with Gasteiger partial charge in [0.15, 0.2) is 0 Å². The summed E-state index contributed by atoms with van der Waals surface area (Å²) in [4.78, 5) is 6.75. The summed E-state index contributed by atoms with van der Waals surface area (Å²) < 4.78 is 0. The second-order valence-electron chi connectivity index (χ2n) is 6.23. The molecule has 0 bridgehead atoms. The van der Waals surface area contributed by atoms with Crippen LogP contribution in [0.25, 0.3) is 10.8 Å². The summed E-state index contributed by atoms with van der Waals surface area (Å²) >= 11 is 0. The number of rotatable bonds is 3. The van der Waals surface area contributed by atoms with Crippen molar-refractivity contribution < 1.29 is 5.11 Å². The predicted molar refractivity (Wildman–Crippen MR) is 80.4 cm³/mol. The second-order valence-corrected chi connectivity index (χ2v) is 6.23. The van der Waals surface area contributed by atoms with E-state index in [4.69, 9.17) is 0 Å². The van der Waals surface area contributed by atoms with Crippen LogP contribution in [0.2, 0.25) is 0 Å². The third kappa shape index (κ3) is 3.24. The van der Waals surface area contributed by atoms with E-state index < -0.39 is 0 Å². The molecule has 0 radical (unpaired) electrons. The van der Waals surface area contributed by atoms with E-state index in [1.165, 1.54) is 0 Å². The Bertz CT molecular complexity index is 572. The largest absolute Gasteiger partial charge is 0.390 e. The summed E-state index contributed by atoms with van der Waals surface area (Å²) in [5.74, 6) is 0.942. The van der Waals surface area contributed by atoms with Crippen LogP contribution in [0, 0.1) is 5.41 Å². The van der Waals surface area contributed by atoms with Gasteiger partial charge in [-0.05, 0) is 16.9 Å². The van der Waals surface area contributed by atoms with Crippen LogP contribution in [0.3, 0.4) is 0 Å². The Hall–Kier alpha value is -1.61. The highest BCUT2D eigenvalue weighted by molar-refractivity contribution is 5.92. The minimum atomic E-state index is -0.0266. The van der Waals surface area contributed by atoms with Crippen molar-refractivity contribution in [3.8, 4) is 0 Å². The number of aliphatic hydroxyl groups is 1. The smallest absolute Gasteiger partial charge is 0.136 e. The van der Waals surface area contributed by atoms with E-state index in [1.54, 1.807) is 0 Å². The number of hydrogen-bond donors (Lipinski definition) is 1. The normalized spacial score (nSPS) is 11.8. The molecule has 3 heteroatoms. The number of hydrogen-bond acceptors (Lipinski definition) is 3. The van der Waals surface area contributed by atoms with Crippen LogP contribution in [0.4, 0.5) is 5.82 Å². The van der Waals surface area contributed by atoms with Crippen LogP contribution in [0.1, 0.15) is 26.5 Å². The van der Waals surface area contributed by atoms with Crippen molar-refractivity contribution in [1.82, 2.24) is 4.98 Å². The molecule has 0 amide bonds. The van der Waals surface area contributed by atoms with E-state index in [0.29, 0.717) is 0 Å². The average Bonchev–Trinajstić information content (AvgIpc) is 2.35. The highest BCUT2D eigenvalue weighted by Gasteiger charge is 2.17. The molecule has 2 aromatic rings. The minimum absolute atomic E-state index is 0.0266. The first-order valence-electron chi connectivity index (χ1n) is 6.61. The number of nitrogens with zero attached hydrogens (tertiary/aromatic N) is 2. The van der Waals surface area contributed by atoms with Gasteiger partial charge in [-0.3, -0.25) is 0 Å². The molecule has 0 spiro atoms. The lowest BCUT2D eigenvalue weighted by atomic mass is 9.96. The summed E-state index contributed by atoms with van der Waals surface area (Å²) in [6, 6.07) is 10.1. The predicted octanol–water partition coefficient (Wildman–Crippen LogP) is 3.21. The molecule has 0 aliphatic rings. The van der Waals surface area contributed by atoms with Crippen molar-refractivity contribution in [2.45, 2.75) is 27.4 Å². The molecule has 0 atom stereocenters. The highest BCUT2D eigenvalue weighted by atomic mass is 16.3. The van der Waals surface area contributed by atoms with Gasteiger partial charge in [0.2, 0.25) is 0 Å². The molecule has 0 aliphatic carbocycles. The van der Waals surface area contributed by atoms with Gasteiger partial charge < -0.3 is 10.0 Å². The maximum atomic E-state index is 9.35. The first kappa shape index (κ1) is 13.8. The Morgan fingerprint density at radius 1 is 1.21 bits per heavy atom. The number of benzene rings is 1. The molecular formula is C16H22N2O. The van der Waals surface area contributed by atoms with Crippen LogP contribution >= 0.6 is 0 Å². The highest BCUT2D eigenvalue weighted by Crippen LogP contribution is 2.27. The lowest BCUT2D eigenvalue weighted by Gasteiger charge is -2.28. The van der Waals surface area contributed by atoms with Crippen molar-refractivity contribution >= 4 is 16.6 Å². The van der Waals surface area contributed by atoms with Gasteiger partial charge in [-0.25, -0.2) is 4.98 Å². The van der Waals surface area contributed by atoms with Crippen molar-refractivity contribution in [2.24, 2.45) is 5.41 Å². The van der Waals surface area contributed by atoms with Crippen molar-refractivity contribution in [3.63, 3.8) is 0 Å². The molecule has 0 fully saturated rings. The molecule has 19 heavy (non-hydrogen) atoms. The van der Waals surface area contributed by atoms with Gasteiger partial charge in [-0.15, -0.1) is 0 Å². The van der Waals surface area contributed by atoms with E-state index >= 15 is 0 Å². The zero-order valence-corrected chi connectivity index (χ0v) is 12.1. The summed E-state index contributed by atoms with van der Waals surface area (Å²) in [5.41, 5.74) is 0.918. The lowest BCUT2D eigenvalue weighted by molar-refractivity contribution is 0.277. The molecular weight excluding hydrogens is 236 g/mol. The first-order valence-corrected chi connectivity index (χ1v) is 6.61. The molecule has 3 nitrogen and oxygen atoms in total. The zero-order valence-electron chi connectivity index (χ0n) is 12.1. The van der Waals surface area contributed by atoms with Gasteiger partial charge in [-0.1, -0.05) is 45.0 Å². The SMILES string of the molecule is CN(CC(C)(C)C)c1nc(CO)cc2ccccc12. The number of fused-ring (bicyclic) bond motifs is 1. The van der Waals surface area contributed by atoms with Gasteiger partial charge in [0.1, 0.15) is 5.82 Å². The van der Waals surface area contributed by atoms with Gasteiger partial charge in [0, 0.05) is 19.0 Å². The molecule has 102 valence electrons. The van der Waals surface area contributed by atoms with Crippen LogP contribution in [0.15, 0.2) is 30.3 Å². The number of anilines is 1. The number of aromatic nitrogens is 1. The molecule has 0 saturated carbocycles. The quantitative estimate of drug-likeness (QED) is 0.918. The fraction of sp³-hybridized carbons (Fsp3) is 0.438. The Labute approximate surface area is 114 Å². The maximum absolute atomic E-state index is 9.35. The molecule has 0 aliphatic heterocycles. The fourth-order valence-corrected chi connectivity index (χ4v) is 2.39. The summed E-state index contributed by atoms with van der Waals surface area (Å²) in [6.45, 7) is 7.52. The van der Waals surface area contributed by atoms with Crippen LogP contribution in [-0.4, -0.2) is 23.7 Å². The Morgan fingerprint density at radius 3 is 2.53 bits per heavy atom. The zero-order chi connectivity index (χ0) is 14.0. The Balaban J connectivity index is 2.51. The third-order valence-corrected chi connectivity index (χ3v) is 3.01. The summed E-state index contributed by atoms with van der Waals surface area (Å²) in [7, 11) is 2.06. The summed E-state index contributed by atoms with van der Waals surface area (Å²) in [6.07, 6.45) is 0. The first-order chi connectivity index (χ1) is 8.90. The van der Waals surface area contributed by atoms with Crippen molar-refractivity contribution in [3.05, 3.63) is 36.0 Å².